The van der Waals surface area contributed by atoms with Crippen molar-refractivity contribution in [2.45, 2.75) is 110 Å². The van der Waals surface area contributed by atoms with Crippen LogP contribution in [0.4, 0.5) is 0 Å². The topological polar surface area (TPSA) is 63.6 Å². The maximum absolute atomic E-state index is 12.1. The van der Waals surface area contributed by atoms with Gasteiger partial charge >= 0.3 is 0 Å². The lowest BCUT2D eigenvalue weighted by molar-refractivity contribution is -0.121. The van der Waals surface area contributed by atoms with Crippen LogP contribution in [0.1, 0.15) is 115 Å². The minimum Gasteiger partial charge on any atom is -0.481 e. The molecule has 5 nitrogen and oxygen atoms in total. The molecule has 2 aromatic rings. The second-order valence-corrected chi connectivity index (χ2v) is 9.27. The van der Waals surface area contributed by atoms with Crippen LogP contribution in [0.25, 0.3) is 10.9 Å². The Bertz CT molecular complexity index is 850. The number of nitrogens with zero attached hydrogens (tertiary/aromatic N) is 2. The largest absolute Gasteiger partial charge is 0.481 e. The molecule has 0 atom stereocenters. The van der Waals surface area contributed by atoms with E-state index in [1.54, 1.807) is 13.3 Å². The summed E-state index contributed by atoms with van der Waals surface area (Å²) in [4.78, 5) is 16.5. The van der Waals surface area contributed by atoms with Gasteiger partial charge in [0.25, 0.3) is 0 Å². The number of carbonyl (C=O) groups is 1. The van der Waals surface area contributed by atoms with Gasteiger partial charge in [-0.05, 0) is 18.6 Å². The van der Waals surface area contributed by atoms with Gasteiger partial charge in [-0.1, -0.05) is 115 Å². The number of rotatable bonds is 19. The number of para-hydroxylation sites is 1. The van der Waals surface area contributed by atoms with Crippen molar-refractivity contribution in [1.29, 1.82) is 0 Å². The highest BCUT2D eigenvalue weighted by Gasteiger charge is 2.06. The van der Waals surface area contributed by atoms with Gasteiger partial charge in [-0.15, -0.1) is 0 Å². The van der Waals surface area contributed by atoms with Crippen LogP contribution in [0.3, 0.4) is 0 Å². The Hall–Kier alpha value is -2.43. The van der Waals surface area contributed by atoms with Crippen LogP contribution >= 0.6 is 0 Å². The molecule has 1 N–H and O–H groups in total. The molecule has 5 heteroatoms. The molecule has 0 saturated heterocycles. The van der Waals surface area contributed by atoms with Crippen molar-refractivity contribution in [2.75, 3.05) is 7.11 Å². The van der Waals surface area contributed by atoms with Gasteiger partial charge < -0.3 is 4.74 Å². The number of pyridine rings is 1. The van der Waals surface area contributed by atoms with Crippen LogP contribution in [0.15, 0.2) is 35.4 Å². The van der Waals surface area contributed by atoms with Gasteiger partial charge in [-0.3, -0.25) is 4.79 Å². The smallest absolute Gasteiger partial charge is 0.240 e. The van der Waals surface area contributed by atoms with Crippen molar-refractivity contribution in [1.82, 2.24) is 10.4 Å². The Balaban J connectivity index is 1.47. The van der Waals surface area contributed by atoms with Gasteiger partial charge in [-0.2, -0.15) is 5.10 Å². The van der Waals surface area contributed by atoms with Crippen molar-refractivity contribution in [3.05, 3.63) is 35.9 Å². The second-order valence-electron chi connectivity index (χ2n) is 9.27. The number of hydrazone groups is 1. The fourth-order valence-electron chi connectivity index (χ4n) is 4.26. The molecule has 1 aromatic carbocycles. The lowest BCUT2D eigenvalue weighted by Gasteiger charge is -2.06. The molecular weight excluding hydrogens is 422 g/mol. The van der Waals surface area contributed by atoms with Gasteiger partial charge in [0.05, 0.1) is 24.4 Å². The maximum Gasteiger partial charge on any atom is 0.240 e. The highest BCUT2D eigenvalue weighted by Crippen LogP contribution is 2.20. The van der Waals surface area contributed by atoms with Crippen molar-refractivity contribution >= 4 is 23.0 Å². The first-order chi connectivity index (χ1) is 16.7. The van der Waals surface area contributed by atoms with E-state index in [0.29, 0.717) is 12.3 Å². The van der Waals surface area contributed by atoms with E-state index >= 15 is 0 Å². The van der Waals surface area contributed by atoms with Gasteiger partial charge in [0.1, 0.15) is 0 Å². The zero-order valence-corrected chi connectivity index (χ0v) is 21.5. The number of carbonyl (C=O) groups excluding carboxylic acids is 1. The summed E-state index contributed by atoms with van der Waals surface area (Å²) in [5.74, 6) is 0.456. The first-order valence-corrected chi connectivity index (χ1v) is 13.5. The minimum atomic E-state index is -0.0429. The van der Waals surface area contributed by atoms with Gasteiger partial charge in [0, 0.05) is 11.8 Å². The summed E-state index contributed by atoms with van der Waals surface area (Å²) in [5.41, 5.74) is 4.24. The van der Waals surface area contributed by atoms with Crippen LogP contribution in [0, 0.1) is 0 Å². The highest BCUT2D eigenvalue weighted by atomic mass is 16.5. The van der Waals surface area contributed by atoms with Crippen LogP contribution in [-0.2, 0) is 4.79 Å². The number of ether oxygens (including phenoxy) is 1. The zero-order chi connectivity index (χ0) is 24.3. The van der Waals surface area contributed by atoms with E-state index in [2.05, 4.69) is 22.4 Å². The molecule has 1 amide bonds. The monoisotopic (exact) mass is 467 g/mol. The maximum atomic E-state index is 12.1. The number of unbranched alkanes of at least 4 members (excludes halogenated alkanes) is 14. The number of methoxy groups -OCH3 is 1. The van der Waals surface area contributed by atoms with E-state index in [4.69, 9.17) is 4.74 Å². The second kappa shape index (κ2) is 18.0. The summed E-state index contributed by atoms with van der Waals surface area (Å²) < 4.78 is 5.36. The first kappa shape index (κ1) is 27.8. The van der Waals surface area contributed by atoms with E-state index in [-0.39, 0.29) is 5.91 Å². The van der Waals surface area contributed by atoms with Crippen LogP contribution < -0.4 is 10.2 Å². The molecule has 1 aromatic heterocycles. The van der Waals surface area contributed by atoms with Crippen LogP contribution in [0.5, 0.6) is 5.88 Å². The number of nitrogens with one attached hydrogen (secondary N) is 1. The Morgan fingerprint density at radius 2 is 1.44 bits per heavy atom. The van der Waals surface area contributed by atoms with E-state index in [9.17, 15) is 4.79 Å². The standard InChI is InChI=1S/C29H45N3O2/c1-3-4-5-6-7-8-9-10-11-12-13-14-15-16-17-22-28(33)32-30-24-26-23-25-20-18-19-21-27(25)31-29(26)34-2/h18-21,23-24H,3-17,22H2,1-2H3,(H,32,33). The molecule has 0 unspecified atom stereocenters. The molecule has 1 heterocycles. The van der Waals surface area contributed by atoms with E-state index < -0.39 is 0 Å². The third kappa shape index (κ3) is 11.6. The molecule has 0 aliphatic heterocycles. The molecule has 0 bridgehead atoms. The molecule has 34 heavy (non-hydrogen) atoms. The first-order valence-electron chi connectivity index (χ1n) is 13.5. The molecular formula is C29H45N3O2. The van der Waals surface area contributed by atoms with Gasteiger partial charge in [0.15, 0.2) is 0 Å². The normalized spacial score (nSPS) is 11.4. The lowest BCUT2D eigenvalue weighted by Crippen LogP contribution is -2.17. The average Bonchev–Trinajstić information content (AvgIpc) is 2.86. The van der Waals surface area contributed by atoms with Crippen molar-refractivity contribution in [3.63, 3.8) is 0 Å². The molecule has 0 fully saturated rings. The number of hydrogen-bond acceptors (Lipinski definition) is 4. The molecule has 0 saturated carbocycles. The Kier molecular flexibility index (Phi) is 14.7. The third-order valence-electron chi connectivity index (χ3n) is 6.31. The summed E-state index contributed by atoms with van der Waals surface area (Å²) >= 11 is 0. The van der Waals surface area contributed by atoms with Gasteiger partial charge in [-0.25, -0.2) is 10.4 Å². The zero-order valence-electron chi connectivity index (χ0n) is 21.5. The Morgan fingerprint density at radius 1 is 0.882 bits per heavy atom. The Morgan fingerprint density at radius 3 is 2.03 bits per heavy atom. The van der Waals surface area contributed by atoms with Crippen LogP contribution in [-0.4, -0.2) is 24.2 Å². The van der Waals surface area contributed by atoms with Crippen molar-refractivity contribution < 1.29 is 9.53 Å². The van der Waals surface area contributed by atoms with E-state index in [0.717, 1.165) is 29.3 Å². The Labute approximate surface area is 206 Å². The molecule has 0 spiro atoms. The molecule has 2 rings (SSSR count). The third-order valence-corrected chi connectivity index (χ3v) is 6.31. The molecule has 0 aliphatic carbocycles. The summed E-state index contributed by atoms with van der Waals surface area (Å²) in [6.07, 6.45) is 21.9. The summed E-state index contributed by atoms with van der Waals surface area (Å²) in [6.45, 7) is 2.28. The van der Waals surface area contributed by atoms with E-state index in [1.807, 2.05) is 30.3 Å². The minimum absolute atomic E-state index is 0.0429. The van der Waals surface area contributed by atoms with Crippen molar-refractivity contribution in [2.24, 2.45) is 5.10 Å². The number of fused-ring (bicyclic) bond motifs is 1. The molecule has 0 aliphatic rings. The fraction of sp³-hybridized carbons (Fsp3) is 0.621. The van der Waals surface area contributed by atoms with E-state index in [1.165, 1.54) is 83.5 Å². The number of aromatic nitrogens is 1. The lowest BCUT2D eigenvalue weighted by atomic mass is 10.0. The number of hydrogen-bond donors (Lipinski definition) is 1. The number of amides is 1. The summed E-state index contributed by atoms with van der Waals surface area (Å²) in [5, 5.41) is 5.11. The van der Waals surface area contributed by atoms with Crippen LogP contribution in [0.2, 0.25) is 0 Å². The predicted octanol–water partition coefficient (Wildman–Crippen LogP) is 7.96. The molecule has 0 radical (unpaired) electrons. The summed E-state index contributed by atoms with van der Waals surface area (Å²) in [6, 6.07) is 9.81. The number of benzene rings is 1. The molecule has 188 valence electrons. The van der Waals surface area contributed by atoms with Crippen molar-refractivity contribution in [3.8, 4) is 5.88 Å². The van der Waals surface area contributed by atoms with Gasteiger partial charge in [0.2, 0.25) is 11.8 Å². The highest BCUT2D eigenvalue weighted by molar-refractivity contribution is 5.91. The quantitative estimate of drug-likeness (QED) is 0.129. The predicted molar refractivity (Wildman–Crippen MR) is 144 cm³/mol. The summed E-state index contributed by atoms with van der Waals surface area (Å²) in [7, 11) is 1.59. The average molecular weight is 468 g/mol. The fourth-order valence-corrected chi connectivity index (χ4v) is 4.26. The SMILES string of the molecule is CCCCCCCCCCCCCCCCCC(=O)NN=Cc1cc2ccccc2nc1OC.